The summed E-state index contributed by atoms with van der Waals surface area (Å²) in [6.45, 7) is -0.454. The number of methoxy groups -OCH3 is 1. The first-order valence-corrected chi connectivity index (χ1v) is 4.60. The fourth-order valence-electron chi connectivity index (χ4n) is 1.12. The van der Waals surface area contributed by atoms with Crippen LogP contribution >= 0.6 is 0 Å². The molecule has 0 saturated carbocycles. The minimum Gasteiger partial charge on any atom is -0.490 e. The van der Waals surface area contributed by atoms with E-state index in [1.807, 2.05) is 0 Å². The number of nitrogens with zero attached hydrogens (tertiary/aromatic N) is 2. The van der Waals surface area contributed by atoms with Gasteiger partial charge in [-0.15, -0.1) is 0 Å². The number of hydrogen-bond donors (Lipinski definition) is 5. The van der Waals surface area contributed by atoms with Gasteiger partial charge >= 0.3 is 0 Å². The van der Waals surface area contributed by atoms with E-state index in [9.17, 15) is 0 Å². The Balaban J connectivity index is 2.94. The van der Waals surface area contributed by atoms with Crippen LogP contribution < -0.4 is 21.3 Å². The molecule has 0 amide bonds. The molecule has 0 unspecified atom stereocenters. The predicted octanol–water partition coefficient (Wildman–Crippen LogP) is -1.46. The zero-order chi connectivity index (χ0) is 12.0. The Kier molecular flexibility index (Phi) is 4.70. The second-order valence-corrected chi connectivity index (χ2v) is 2.95. The van der Waals surface area contributed by atoms with E-state index in [2.05, 4.69) is 20.7 Å². The molecule has 1 aromatic heterocycles. The topological polar surface area (TPSA) is 126 Å². The fraction of sp³-hybridized carbons (Fsp3) is 0.500. The van der Waals surface area contributed by atoms with E-state index < -0.39 is 6.04 Å². The number of nitrogens with two attached hydrogens (primary N) is 1. The molecule has 90 valence electrons. The van der Waals surface area contributed by atoms with Gasteiger partial charge in [0.05, 0.1) is 26.4 Å². The second kappa shape index (κ2) is 6.05. The molecule has 1 aromatic rings. The van der Waals surface area contributed by atoms with E-state index in [0.717, 1.165) is 0 Å². The lowest BCUT2D eigenvalue weighted by Crippen LogP contribution is -2.28. The summed E-state index contributed by atoms with van der Waals surface area (Å²) in [4.78, 5) is 7.78. The van der Waals surface area contributed by atoms with Crippen molar-refractivity contribution in [2.75, 3.05) is 31.1 Å². The van der Waals surface area contributed by atoms with Gasteiger partial charge in [0.1, 0.15) is 6.33 Å². The highest BCUT2D eigenvalue weighted by atomic mass is 16.5. The van der Waals surface area contributed by atoms with Crippen molar-refractivity contribution in [3.05, 3.63) is 6.33 Å². The number of aromatic nitrogens is 2. The van der Waals surface area contributed by atoms with Crippen molar-refractivity contribution in [3.8, 4) is 5.75 Å². The highest BCUT2D eigenvalue weighted by molar-refractivity contribution is 5.63. The number of hydrazine groups is 1. The summed E-state index contributed by atoms with van der Waals surface area (Å²) in [5, 5.41) is 20.7. The molecule has 0 aliphatic carbocycles. The summed E-state index contributed by atoms with van der Waals surface area (Å²) in [7, 11) is 1.44. The summed E-state index contributed by atoms with van der Waals surface area (Å²) in [6.07, 6.45) is 1.28. The van der Waals surface area contributed by atoms with E-state index in [0.29, 0.717) is 17.4 Å². The molecule has 6 N–H and O–H groups in total. The maximum Gasteiger partial charge on any atom is 0.205 e. The molecule has 1 heterocycles. The smallest absolute Gasteiger partial charge is 0.205 e. The van der Waals surface area contributed by atoms with Crippen LogP contribution in [0.4, 0.5) is 11.6 Å². The standard InChI is InChI=1S/C8H15N5O3/c1-16-6-7(12-5(2-14)3-15)10-4-11-8(6)13-9/h4-5,14-15H,2-3,9H2,1H3,(H2,10,11,12,13). The van der Waals surface area contributed by atoms with E-state index in [4.69, 9.17) is 20.8 Å². The molecular formula is C8H15N5O3. The predicted molar refractivity (Wildman–Crippen MR) is 58.0 cm³/mol. The molecular weight excluding hydrogens is 214 g/mol. The molecule has 0 radical (unpaired) electrons. The Labute approximate surface area is 92.4 Å². The van der Waals surface area contributed by atoms with Crippen LogP contribution in [0.15, 0.2) is 6.33 Å². The quantitative estimate of drug-likeness (QED) is 0.296. The van der Waals surface area contributed by atoms with Crippen LogP contribution in [0.5, 0.6) is 5.75 Å². The first-order valence-electron chi connectivity index (χ1n) is 4.60. The van der Waals surface area contributed by atoms with Crippen molar-refractivity contribution in [3.63, 3.8) is 0 Å². The van der Waals surface area contributed by atoms with Crippen LogP contribution in [0.2, 0.25) is 0 Å². The Morgan fingerprint density at radius 3 is 2.50 bits per heavy atom. The molecule has 0 bridgehead atoms. The van der Waals surface area contributed by atoms with Crippen LogP contribution in [0.3, 0.4) is 0 Å². The van der Waals surface area contributed by atoms with Crippen LogP contribution in [-0.2, 0) is 0 Å². The SMILES string of the molecule is COc1c(NN)ncnc1NC(CO)CO. The largest absolute Gasteiger partial charge is 0.490 e. The zero-order valence-electron chi connectivity index (χ0n) is 8.84. The first-order chi connectivity index (χ1) is 7.76. The Morgan fingerprint density at radius 2 is 2.00 bits per heavy atom. The average molecular weight is 229 g/mol. The molecule has 8 nitrogen and oxygen atoms in total. The van der Waals surface area contributed by atoms with Crippen LogP contribution in [-0.4, -0.2) is 46.5 Å². The van der Waals surface area contributed by atoms with Gasteiger partial charge in [-0.1, -0.05) is 0 Å². The molecule has 0 saturated heterocycles. The van der Waals surface area contributed by atoms with Crippen molar-refractivity contribution in [1.29, 1.82) is 0 Å². The number of nitrogen functional groups attached to an aromatic ring is 1. The van der Waals surface area contributed by atoms with Gasteiger partial charge < -0.3 is 25.7 Å². The van der Waals surface area contributed by atoms with Crippen molar-refractivity contribution in [1.82, 2.24) is 9.97 Å². The number of hydrogen-bond acceptors (Lipinski definition) is 8. The first kappa shape index (κ1) is 12.4. The molecule has 0 aliphatic rings. The summed E-state index contributed by atoms with van der Waals surface area (Å²) in [5.41, 5.74) is 2.36. The number of nitrogens with one attached hydrogen (secondary N) is 2. The maximum absolute atomic E-state index is 8.93. The molecule has 1 rings (SSSR count). The van der Waals surface area contributed by atoms with E-state index in [1.165, 1.54) is 13.4 Å². The Morgan fingerprint density at radius 1 is 1.38 bits per heavy atom. The van der Waals surface area contributed by atoms with Crippen molar-refractivity contribution < 1.29 is 14.9 Å². The molecule has 0 fully saturated rings. The van der Waals surface area contributed by atoms with Gasteiger partial charge in [0.2, 0.25) is 5.75 Å². The lowest BCUT2D eigenvalue weighted by Gasteiger charge is -2.17. The third-order valence-corrected chi connectivity index (χ3v) is 1.93. The number of aliphatic hydroxyl groups excluding tert-OH is 2. The lowest BCUT2D eigenvalue weighted by atomic mass is 10.3. The maximum atomic E-state index is 8.93. The zero-order valence-corrected chi connectivity index (χ0v) is 8.84. The average Bonchev–Trinajstić information content (AvgIpc) is 2.35. The van der Waals surface area contributed by atoms with Gasteiger partial charge in [-0.25, -0.2) is 15.8 Å². The summed E-state index contributed by atoms with van der Waals surface area (Å²) in [5.74, 6) is 6.22. The van der Waals surface area contributed by atoms with Crippen LogP contribution in [0, 0.1) is 0 Å². The second-order valence-electron chi connectivity index (χ2n) is 2.95. The number of anilines is 2. The number of rotatable bonds is 6. The molecule has 16 heavy (non-hydrogen) atoms. The van der Waals surface area contributed by atoms with E-state index in [1.54, 1.807) is 0 Å². The molecule has 0 aliphatic heterocycles. The van der Waals surface area contributed by atoms with Gasteiger partial charge in [0, 0.05) is 0 Å². The van der Waals surface area contributed by atoms with E-state index >= 15 is 0 Å². The highest BCUT2D eigenvalue weighted by Gasteiger charge is 2.14. The van der Waals surface area contributed by atoms with Crippen LogP contribution in [0.1, 0.15) is 0 Å². The summed E-state index contributed by atoms with van der Waals surface area (Å²) >= 11 is 0. The van der Waals surface area contributed by atoms with Crippen molar-refractivity contribution >= 4 is 11.6 Å². The third kappa shape index (κ3) is 2.69. The lowest BCUT2D eigenvalue weighted by molar-refractivity contribution is 0.203. The number of aliphatic hydroxyl groups is 2. The third-order valence-electron chi connectivity index (χ3n) is 1.93. The molecule has 0 spiro atoms. The van der Waals surface area contributed by atoms with Gasteiger partial charge in [-0.05, 0) is 0 Å². The fourth-order valence-corrected chi connectivity index (χ4v) is 1.12. The summed E-state index contributed by atoms with van der Waals surface area (Å²) < 4.78 is 5.06. The minimum absolute atomic E-state index is 0.227. The van der Waals surface area contributed by atoms with E-state index in [-0.39, 0.29) is 13.2 Å². The van der Waals surface area contributed by atoms with Gasteiger partial charge in [0.25, 0.3) is 0 Å². The van der Waals surface area contributed by atoms with Gasteiger partial charge in [-0.3, -0.25) is 0 Å². The normalized spacial score (nSPS) is 10.3. The van der Waals surface area contributed by atoms with Gasteiger partial charge in [0.15, 0.2) is 11.6 Å². The minimum atomic E-state index is -0.519. The van der Waals surface area contributed by atoms with Gasteiger partial charge in [-0.2, -0.15) is 0 Å². The summed E-state index contributed by atoms with van der Waals surface area (Å²) in [6, 6.07) is -0.519. The Bertz CT molecular complexity index is 331. The highest BCUT2D eigenvalue weighted by Crippen LogP contribution is 2.28. The number of ether oxygens (including phenoxy) is 1. The molecule has 8 heteroatoms. The van der Waals surface area contributed by atoms with Crippen molar-refractivity contribution in [2.24, 2.45) is 5.84 Å². The molecule has 0 aromatic carbocycles. The molecule has 0 atom stereocenters. The van der Waals surface area contributed by atoms with Crippen LogP contribution in [0.25, 0.3) is 0 Å². The Hall–Kier alpha value is -1.64. The van der Waals surface area contributed by atoms with Crippen molar-refractivity contribution in [2.45, 2.75) is 6.04 Å². The monoisotopic (exact) mass is 229 g/mol.